The Bertz CT molecular complexity index is 741. The van der Waals surface area contributed by atoms with Crippen LogP contribution in [0.25, 0.3) is 10.8 Å². The van der Waals surface area contributed by atoms with Gasteiger partial charge < -0.3 is 20.2 Å². The van der Waals surface area contributed by atoms with Crippen molar-refractivity contribution < 1.29 is 9.90 Å². The average molecular weight is 341 g/mol. The van der Waals surface area contributed by atoms with Gasteiger partial charge in [0, 0.05) is 30.4 Å². The molecule has 0 saturated carbocycles. The predicted molar refractivity (Wildman–Crippen MR) is 102 cm³/mol. The zero-order valence-corrected chi connectivity index (χ0v) is 15.0. The quantitative estimate of drug-likeness (QED) is 0.899. The number of hydrogen-bond donors (Lipinski definition) is 2. The molecular weight excluding hydrogens is 314 g/mol. The largest absolute Gasteiger partial charge is 0.396 e. The molecule has 1 aliphatic rings. The Morgan fingerprint density at radius 3 is 2.76 bits per heavy atom. The molecule has 1 atom stereocenters. The fraction of sp³-hybridized carbons (Fsp3) is 0.450. The van der Waals surface area contributed by atoms with Crippen LogP contribution in [0.5, 0.6) is 0 Å². The molecule has 1 fully saturated rings. The van der Waals surface area contributed by atoms with Gasteiger partial charge in [-0.2, -0.15) is 0 Å². The lowest BCUT2D eigenvalue weighted by Crippen LogP contribution is -2.52. The van der Waals surface area contributed by atoms with E-state index in [0.717, 1.165) is 42.4 Å². The minimum Gasteiger partial charge on any atom is -0.396 e. The highest BCUT2D eigenvalue weighted by Crippen LogP contribution is 2.31. The van der Waals surface area contributed by atoms with Crippen molar-refractivity contribution in [3.63, 3.8) is 0 Å². The first kappa shape index (κ1) is 17.7. The van der Waals surface area contributed by atoms with Crippen LogP contribution in [0.2, 0.25) is 0 Å². The third-order valence-electron chi connectivity index (χ3n) is 4.97. The summed E-state index contributed by atoms with van der Waals surface area (Å²) in [7, 11) is 4.01. The molecule has 25 heavy (non-hydrogen) atoms. The van der Waals surface area contributed by atoms with Gasteiger partial charge >= 0.3 is 6.03 Å². The van der Waals surface area contributed by atoms with Gasteiger partial charge in [-0.15, -0.1) is 0 Å². The lowest BCUT2D eigenvalue weighted by atomic mass is 9.80. The van der Waals surface area contributed by atoms with E-state index in [4.69, 9.17) is 0 Å². The molecule has 5 heteroatoms. The summed E-state index contributed by atoms with van der Waals surface area (Å²) < 4.78 is 0. The van der Waals surface area contributed by atoms with Crippen LogP contribution in [0.1, 0.15) is 12.8 Å². The van der Waals surface area contributed by atoms with Crippen molar-refractivity contribution in [1.29, 1.82) is 0 Å². The summed E-state index contributed by atoms with van der Waals surface area (Å²) in [6.07, 6.45) is 1.86. The van der Waals surface area contributed by atoms with Crippen LogP contribution in [0.4, 0.5) is 10.5 Å². The molecule has 0 aliphatic carbocycles. The Morgan fingerprint density at radius 2 is 2.00 bits per heavy atom. The van der Waals surface area contributed by atoms with Crippen molar-refractivity contribution in [3.8, 4) is 0 Å². The molecule has 3 rings (SSSR count). The van der Waals surface area contributed by atoms with E-state index in [-0.39, 0.29) is 18.1 Å². The normalized spacial score (nSPS) is 20.9. The fourth-order valence-electron chi connectivity index (χ4n) is 3.89. The molecular formula is C20H27N3O2. The molecule has 0 unspecified atom stereocenters. The van der Waals surface area contributed by atoms with Crippen LogP contribution < -0.4 is 5.32 Å². The highest BCUT2D eigenvalue weighted by molar-refractivity contribution is 6.01. The van der Waals surface area contributed by atoms with Gasteiger partial charge in [-0.25, -0.2) is 4.79 Å². The van der Waals surface area contributed by atoms with Crippen molar-refractivity contribution >= 4 is 22.5 Å². The van der Waals surface area contributed by atoms with E-state index in [9.17, 15) is 9.90 Å². The van der Waals surface area contributed by atoms with Crippen molar-refractivity contribution in [2.75, 3.05) is 45.7 Å². The maximum Gasteiger partial charge on any atom is 0.321 e. The maximum absolute atomic E-state index is 12.8. The second-order valence-corrected chi connectivity index (χ2v) is 7.38. The maximum atomic E-state index is 12.8. The summed E-state index contributed by atoms with van der Waals surface area (Å²) in [5.41, 5.74) is 0.591. The minimum absolute atomic E-state index is 0.0902. The Kier molecular flexibility index (Phi) is 5.25. The smallest absolute Gasteiger partial charge is 0.321 e. The molecule has 0 aromatic heterocycles. The molecule has 5 nitrogen and oxygen atoms in total. The first-order chi connectivity index (χ1) is 12.0. The zero-order valence-electron chi connectivity index (χ0n) is 15.0. The molecule has 2 aromatic carbocycles. The second-order valence-electron chi connectivity index (χ2n) is 7.38. The van der Waals surface area contributed by atoms with Gasteiger partial charge in [-0.05, 0) is 38.4 Å². The molecule has 2 N–H and O–H groups in total. The van der Waals surface area contributed by atoms with Crippen LogP contribution in [-0.4, -0.2) is 61.3 Å². The number of aliphatic hydroxyl groups excluding tert-OH is 1. The Labute approximate surface area is 149 Å². The topological polar surface area (TPSA) is 55.8 Å². The Balaban J connectivity index is 1.76. The number of nitrogens with zero attached hydrogens (tertiary/aromatic N) is 2. The first-order valence-electron chi connectivity index (χ1n) is 8.82. The molecule has 0 bridgehead atoms. The van der Waals surface area contributed by atoms with E-state index in [1.54, 1.807) is 0 Å². The van der Waals surface area contributed by atoms with Crippen LogP contribution in [0, 0.1) is 5.41 Å². The van der Waals surface area contributed by atoms with Crippen LogP contribution in [-0.2, 0) is 0 Å². The number of amides is 2. The molecule has 0 radical (unpaired) electrons. The van der Waals surface area contributed by atoms with Gasteiger partial charge in [0.1, 0.15) is 0 Å². The summed E-state index contributed by atoms with van der Waals surface area (Å²) in [5, 5.41) is 15.1. The number of aliphatic hydroxyl groups is 1. The molecule has 0 spiro atoms. The summed E-state index contributed by atoms with van der Waals surface area (Å²) in [4.78, 5) is 16.7. The number of anilines is 1. The summed E-state index contributed by atoms with van der Waals surface area (Å²) in [6, 6.07) is 13.9. The minimum atomic E-state index is -0.238. The fourth-order valence-corrected chi connectivity index (χ4v) is 3.89. The first-order valence-corrected chi connectivity index (χ1v) is 8.82. The van der Waals surface area contributed by atoms with Crippen LogP contribution in [0.3, 0.4) is 0 Å². The van der Waals surface area contributed by atoms with Gasteiger partial charge in [0.05, 0.1) is 12.3 Å². The molecule has 1 saturated heterocycles. The van der Waals surface area contributed by atoms with E-state index in [2.05, 4.69) is 10.2 Å². The Morgan fingerprint density at radius 1 is 1.24 bits per heavy atom. The highest BCUT2D eigenvalue weighted by atomic mass is 16.3. The van der Waals surface area contributed by atoms with E-state index < -0.39 is 0 Å². The van der Waals surface area contributed by atoms with E-state index in [1.165, 1.54) is 0 Å². The lowest BCUT2D eigenvalue weighted by Gasteiger charge is -2.43. The number of piperidine rings is 1. The van der Waals surface area contributed by atoms with E-state index >= 15 is 0 Å². The SMILES string of the molecule is CN(C)C[C@@]1(CO)CCCN(C(=O)Nc2cccc3ccccc23)C1. The van der Waals surface area contributed by atoms with Crippen LogP contribution >= 0.6 is 0 Å². The van der Waals surface area contributed by atoms with Gasteiger partial charge in [0.25, 0.3) is 0 Å². The second kappa shape index (κ2) is 7.42. The van der Waals surface area contributed by atoms with Crippen molar-refractivity contribution in [2.45, 2.75) is 12.8 Å². The highest BCUT2D eigenvalue weighted by Gasteiger charge is 2.37. The monoisotopic (exact) mass is 341 g/mol. The molecule has 2 amide bonds. The molecule has 2 aromatic rings. The van der Waals surface area contributed by atoms with E-state index in [1.807, 2.05) is 61.5 Å². The van der Waals surface area contributed by atoms with Crippen LogP contribution in [0.15, 0.2) is 42.5 Å². The van der Waals surface area contributed by atoms with Gasteiger partial charge in [0.15, 0.2) is 0 Å². The van der Waals surface area contributed by atoms with Crippen molar-refractivity contribution in [3.05, 3.63) is 42.5 Å². The zero-order chi connectivity index (χ0) is 17.9. The number of likely N-dealkylation sites (tertiary alicyclic amines) is 1. The Hall–Kier alpha value is -2.11. The lowest BCUT2D eigenvalue weighted by molar-refractivity contribution is 0.0294. The third-order valence-corrected chi connectivity index (χ3v) is 4.97. The summed E-state index contributed by atoms with van der Waals surface area (Å²) in [6.45, 7) is 2.19. The summed E-state index contributed by atoms with van der Waals surface area (Å²) in [5.74, 6) is 0. The van der Waals surface area contributed by atoms with E-state index in [0.29, 0.717) is 6.54 Å². The number of urea groups is 1. The van der Waals surface area contributed by atoms with Gasteiger partial charge in [-0.3, -0.25) is 0 Å². The molecule has 1 heterocycles. The van der Waals surface area contributed by atoms with Gasteiger partial charge in [0.2, 0.25) is 0 Å². The average Bonchev–Trinajstić information content (AvgIpc) is 2.61. The number of carbonyl (C=O) groups excluding carboxylic acids is 1. The number of rotatable bonds is 4. The van der Waals surface area contributed by atoms with Crippen molar-refractivity contribution in [2.24, 2.45) is 5.41 Å². The number of hydrogen-bond acceptors (Lipinski definition) is 3. The number of carbonyl (C=O) groups is 1. The third kappa shape index (κ3) is 3.94. The number of benzene rings is 2. The van der Waals surface area contributed by atoms with Gasteiger partial charge in [-0.1, -0.05) is 36.4 Å². The number of fused-ring (bicyclic) bond motifs is 1. The molecule has 1 aliphatic heterocycles. The number of nitrogens with one attached hydrogen (secondary N) is 1. The summed E-state index contributed by atoms with van der Waals surface area (Å²) >= 11 is 0. The predicted octanol–water partition coefficient (Wildman–Crippen LogP) is 3.01. The van der Waals surface area contributed by atoms with Crippen molar-refractivity contribution in [1.82, 2.24) is 9.80 Å². The molecule has 134 valence electrons. The standard InChI is InChI=1S/C20H27N3O2/c1-22(2)13-20(15-24)11-6-12-23(14-20)19(25)21-18-10-5-8-16-7-3-4-9-17(16)18/h3-5,7-10,24H,6,11-15H2,1-2H3,(H,21,25)/t20-/m0/s1.